The van der Waals surface area contributed by atoms with Gasteiger partial charge < -0.3 is 5.32 Å². The predicted molar refractivity (Wildman–Crippen MR) is 94.5 cm³/mol. The van der Waals surface area contributed by atoms with Gasteiger partial charge in [0.05, 0.1) is 4.90 Å². The Hall–Kier alpha value is -2.19. The fourth-order valence-electron chi connectivity index (χ4n) is 2.40. The summed E-state index contributed by atoms with van der Waals surface area (Å²) in [6.07, 6.45) is 6.63. The van der Waals surface area contributed by atoms with E-state index < -0.39 is 10.0 Å². The molecule has 0 bridgehead atoms. The normalized spacial score (nSPS) is 17.0. The number of allylic oxidation sites excluding steroid dienone is 1. The van der Waals surface area contributed by atoms with Gasteiger partial charge in [-0.1, -0.05) is 0 Å². The van der Waals surface area contributed by atoms with Crippen molar-refractivity contribution in [2.24, 2.45) is 0 Å². The molecule has 0 spiro atoms. The summed E-state index contributed by atoms with van der Waals surface area (Å²) >= 11 is 1.22. The van der Waals surface area contributed by atoms with E-state index in [-0.39, 0.29) is 10.7 Å². The molecule has 0 saturated heterocycles. The van der Waals surface area contributed by atoms with E-state index >= 15 is 0 Å². The number of rotatable bonds is 5. The number of thiazole rings is 1. The number of carbonyl (C=O) groups excluding carboxylic acids is 1. The Bertz CT molecular complexity index is 841. The third-order valence-corrected chi connectivity index (χ3v) is 5.86. The number of anilines is 2. The summed E-state index contributed by atoms with van der Waals surface area (Å²) in [7, 11) is -3.64. The molecule has 1 saturated carbocycles. The average molecular weight is 363 g/mol. The summed E-state index contributed by atoms with van der Waals surface area (Å²) < 4.78 is 26.9. The van der Waals surface area contributed by atoms with Crippen LogP contribution >= 0.6 is 11.3 Å². The summed E-state index contributed by atoms with van der Waals surface area (Å²) in [5.41, 5.74) is 1.53. The fraction of sp³-hybridized carbons (Fsp3) is 0.250. The number of carbonyl (C=O) groups is 1. The maximum Gasteiger partial charge on any atom is 0.263 e. The molecule has 1 fully saturated rings. The first-order valence-corrected chi connectivity index (χ1v) is 9.92. The summed E-state index contributed by atoms with van der Waals surface area (Å²) in [6.45, 7) is 0. The maximum atomic E-state index is 12.2. The predicted octanol–water partition coefficient (Wildman–Crippen LogP) is 3.38. The molecule has 0 atom stereocenters. The van der Waals surface area contributed by atoms with Gasteiger partial charge in [0.15, 0.2) is 10.9 Å². The van der Waals surface area contributed by atoms with Crippen molar-refractivity contribution in [3.8, 4) is 0 Å². The third kappa shape index (κ3) is 4.01. The molecule has 1 aliphatic carbocycles. The molecule has 6 nitrogen and oxygen atoms in total. The fourth-order valence-corrected chi connectivity index (χ4v) is 4.19. The van der Waals surface area contributed by atoms with Gasteiger partial charge in [0, 0.05) is 35.5 Å². The van der Waals surface area contributed by atoms with Crippen molar-refractivity contribution < 1.29 is 13.2 Å². The van der Waals surface area contributed by atoms with E-state index in [4.69, 9.17) is 0 Å². The minimum atomic E-state index is -3.64. The topological polar surface area (TPSA) is 88.2 Å². The van der Waals surface area contributed by atoms with Crippen LogP contribution in [0.4, 0.5) is 10.8 Å². The summed E-state index contributed by atoms with van der Waals surface area (Å²) in [5.74, 6) is 0.181. The molecule has 0 radical (unpaired) electrons. The molecule has 2 N–H and O–H groups in total. The van der Waals surface area contributed by atoms with Crippen LogP contribution < -0.4 is 10.0 Å². The monoisotopic (exact) mass is 363 g/mol. The summed E-state index contributed by atoms with van der Waals surface area (Å²) in [6, 6.07) is 6.36. The van der Waals surface area contributed by atoms with E-state index in [1.165, 1.54) is 29.7 Å². The Morgan fingerprint density at radius 2 is 1.88 bits per heavy atom. The van der Waals surface area contributed by atoms with E-state index in [1.807, 2.05) is 0 Å². The van der Waals surface area contributed by atoms with Gasteiger partial charge in [0.25, 0.3) is 10.0 Å². The van der Waals surface area contributed by atoms with Gasteiger partial charge in [0.1, 0.15) is 0 Å². The first-order chi connectivity index (χ1) is 11.5. The Morgan fingerprint density at radius 1 is 1.12 bits per heavy atom. The van der Waals surface area contributed by atoms with Crippen molar-refractivity contribution in [1.82, 2.24) is 4.98 Å². The van der Waals surface area contributed by atoms with Gasteiger partial charge >= 0.3 is 0 Å². The molecule has 8 heteroatoms. The average Bonchev–Trinajstić information content (AvgIpc) is 3.07. The molecule has 2 aromatic rings. The van der Waals surface area contributed by atoms with Crippen molar-refractivity contribution in [2.45, 2.75) is 30.6 Å². The summed E-state index contributed by atoms with van der Waals surface area (Å²) in [4.78, 5) is 15.8. The second-order valence-electron chi connectivity index (χ2n) is 5.41. The summed E-state index contributed by atoms with van der Waals surface area (Å²) in [5, 5.41) is 5.09. The van der Waals surface area contributed by atoms with Crippen LogP contribution in [0.3, 0.4) is 0 Å². The van der Waals surface area contributed by atoms with Crippen LogP contribution in [0.1, 0.15) is 25.7 Å². The molecule has 126 valence electrons. The SMILES string of the molecule is O=C1CCCC/C1=C/Nc1ccc(S(=O)(=O)Nc2nccs2)cc1. The van der Waals surface area contributed by atoms with Crippen molar-refractivity contribution in [3.05, 3.63) is 47.6 Å². The molecule has 1 heterocycles. The van der Waals surface area contributed by atoms with Gasteiger partial charge in [-0.3, -0.25) is 9.52 Å². The molecule has 1 aliphatic rings. The number of benzene rings is 1. The number of nitrogens with one attached hydrogen (secondary N) is 2. The highest BCUT2D eigenvalue weighted by Gasteiger charge is 2.16. The number of hydrogen-bond donors (Lipinski definition) is 2. The number of Topliss-reactive ketones (excluding diaryl/α,β-unsaturated/α-hetero) is 1. The molecule has 0 aliphatic heterocycles. The molecule has 0 amide bonds. The second-order valence-corrected chi connectivity index (χ2v) is 7.99. The van der Waals surface area contributed by atoms with Crippen LogP contribution in [0.15, 0.2) is 52.5 Å². The van der Waals surface area contributed by atoms with E-state index in [1.54, 1.807) is 23.7 Å². The highest BCUT2D eigenvalue weighted by molar-refractivity contribution is 7.93. The number of hydrogen-bond acceptors (Lipinski definition) is 6. The minimum Gasteiger partial charge on any atom is -0.361 e. The lowest BCUT2D eigenvalue weighted by atomic mass is 9.94. The smallest absolute Gasteiger partial charge is 0.263 e. The zero-order valence-corrected chi connectivity index (χ0v) is 14.5. The Balaban J connectivity index is 1.69. The lowest BCUT2D eigenvalue weighted by molar-refractivity contribution is -0.116. The van der Waals surface area contributed by atoms with Crippen LogP contribution in [-0.2, 0) is 14.8 Å². The van der Waals surface area contributed by atoms with Crippen molar-refractivity contribution in [1.29, 1.82) is 0 Å². The van der Waals surface area contributed by atoms with Gasteiger partial charge in [-0.15, -0.1) is 11.3 Å². The quantitative estimate of drug-likeness (QED) is 0.795. The maximum absolute atomic E-state index is 12.2. The second kappa shape index (κ2) is 7.14. The molecule has 1 aromatic heterocycles. The molecule has 0 unspecified atom stereocenters. The zero-order valence-electron chi connectivity index (χ0n) is 12.9. The largest absolute Gasteiger partial charge is 0.361 e. The molecule has 24 heavy (non-hydrogen) atoms. The van der Waals surface area contributed by atoms with E-state index in [0.29, 0.717) is 11.6 Å². The van der Waals surface area contributed by atoms with Crippen molar-refractivity contribution in [3.63, 3.8) is 0 Å². The molecule has 1 aromatic carbocycles. The van der Waals surface area contributed by atoms with E-state index in [2.05, 4.69) is 15.0 Å². The lowest BCUT2D eigenvalue weighted by Crippen LogP contribution is -2.12. The lowest BCUT2D eigenvalue weighted by Gasteiger charge is -2.13. The Labute approximate surface area is 144 Å². The zero-order chi connectivity index (χ0) is 17.0. The van der Waals surface area contributed by atoms with Crippen molar-refractivity contribution in [2.75, 3.05) is 10.0 Å². The van der Waals surface area contributed by atoms with Crippen LogP contribution in [-0.4, -0.2) is 19.2 Å². The number of nitrogens with zero attached hydrogens (tertiary/aromatic N) is 1. The molecule has 3 rings (SSSR count). The van der Waals surface area contributed by atoms with Crippen molar-refractivity contribution >= 4 is 38.0 Å². The van der Waals surface area contributed by atoms with Gasteiger partial charge in [-0.05, 0) is 43.5 Å². The van der Waals surface area contributed by atoms with Crippen LogP contribution in [0.2, 0.25) is 0 Å². The van der Waals surface area contributed by atoms with Gasteiger partial charge in [-0.2, -0.15) is 0 Å². The van der Waals surface area contributed by atoms with Crippen LogP contribution in [0.5, 0.6) is 0 Å². The number of aromatic nitrogens is 1. The van der Waals surface area contributed by atoms with Gasteiger partial charge in [-0.25, -0.2) is 13.4 Å². The highest BCUT2D eigenvalue weighted by atomic mass is 32.2. The van der Waals surface area contributed by atoms with Gasteiger partial charge in [0.2, 0.25) is 0 Å². The first-order valence-electron chi connectivity index (χ1n) is 7.56. The first kappa shape index (κ1) is 16.7. The third-order valence-electron chi connectivity index (χ3n) is 3.69. The Morgan fingerprint density at radius 3 is 2.54 bits per heavy atom. The number of sulfonamides is 1. The minimum absolute atomic E-state index is 0.157. The van der Waals surface area contributed by atoms with E-state index in [0.717, 1.165) is 30.5 Å². The highest BCUT2D eigenvalue weighted by Crippen LogP contribution is 2.22. The standard InChI is InChI=1S/C16H17N3O3S2/c20-15-4-2-1-3-12(15)11-18-13-5-7-14(8-6-13)24(21,22)19-16-17-9-10-23-16/h5-11,18H,1-4H2,(H,17,19)/b12-11-. The molecular formula is C16H17N3O3S2. The Kier molecular flexibility index (Phi) is 4.96. The number of ketones is 1. The van der Waals surface area contributed by atoms with E-state index in [9.17, 15) is 13.2 Å². The van der Waals surface area contributed by atoms with Crippen LogP contribution in [0.25, 0.3) is 0 Å². The molecular weight excluding hydrogens is 346 g/mol. The van der Waals surface area contributed by atoms with Crippen LogP contribution in [0, 0.1) is 0 Å².